The molecule has 0 bridgehead atoms. The van der Waals surface area contributed by atoms with Crippen LogP contribution in [0.1, 0.15) is 132 Å². The standard InChI is InChI=1S/C47H48N2O6/c1-3-5-7-15-21-47(22-16-8-6-4-2)39-29-35-33(27-41(45(35)52)48-54-43(50)23-31-17-11-9-12-18-31)25-37(39)38-26-34-28-42(46(53)36(34)30-40(38)47)49-55-44(51)24-32-19-13-10-14-20-32/h9-14,17-20,25-26,29-30H,3-8,15-16,21-24,27-28H2,1-2H3/b48-41-,49-42+. The molecule has 0 heterocycles. The summed E-state index contributed by atoms with van der Waals surface area (Å²) in [7, 11) is 0. The summed E-state index contributed by atoms with van der Waals surface area (Å²) in [6.07, 6.45) is 11.2. The lowest BCUT2D eigenvalue weighted by atomic mass is 9.70. The van der Waals surface area contributed by atoms with Gasteiger partial charge >= 0.3 is 11.9 Å². The number of hydrogen-bond acceptors (Lipinski definition) is 8. The van der Waals surface area contributed by atoms with Gasteiger partial charge in [-0.15, -0.1) is 0 Å². The van der Waals surface area contributed by atoms with E-state index in [2.05, 4.69) is 48.4 Å². The lowest BCUT2D eigenvalue weighted by Crippen LogP contribution is -2.26. The van der Waals surface area contributed by atoms with Gasteiger partial charge < -0.3 is 9.68 Å². The number of oxime groups is 2. The third kappa shape index (κ3) is 8.00. The quantitative estimate of drug-likeness (QED) is 0.0644. The average molecular weight is 737 g/mol. The molecule has 4 aromatic rings. The van der Waals surface area contributed by atoms with E-state index in [9.17, 15) is 19.2 Å². The highest BCUT2D eigenvalue weighted by Crippen LogP contribution is 2.56. The third-order valence-electron chi connectivity index (χ3n) is 11.3. The van der Waals surface area contributed by atoms with Crippen LogP contribution in [0.2, 0.25) is 0 Å². The summed E-state index contributed by atoms with van der Waals surface area (Å²) in [5, 5.41) is 8.17. The summed E-state index contributed by atoms with van der Waals surface area (Å²) >= 11 is 0. The Labute approximate surface area is 323 Å². The van der Waals surface area contributed by atoms with Gasteiger partial charge in [0.05, 0.1) is 12.8 Å². The molecule has 0 saturated heterocycles. The van der Waals surface area contributed by atoms with Gasteiger partial charge in [-0.3, -0.25) is 9.59 Å². The first-order valence-electron chi connectivity index (χ1n) is 19.9. The summed E-state index contributed by atoms with van der Waals surface area (Å²) < 4.78 is 0. The first-order valence-corrected chi connectivity index (χ1v) is 19.9. The molecule has 0 atom stereocenters. The van der Waals surface area contributed by atoms with Crippen molar-refractivity contribution in [1.82, 2.24) is 0 Å². The molecule has 55 heavy (non-hydrogen) atoms. The minimum atomic E-state index is -0.519. The van der Waals surface area contributed by atoms with Gasteiger partial charge in [-0.05, 0) is 81.6 Å². The van der Waals surface area contributed by atoms with Crippen LogP contribution in [0, 0.1) is 0 Å². The van der Waals surface area contributed by atoms with Crippen molar-refractivity contribution in [1.29, 1.82) is 0 Å². The van der Waals surface area contributed by atoms with E-state index < -0.39 is 11.9 Å². The van der Waals surface area contributed by atoms with Crippen LogP contribution in [0.3, 0.4) is 0 Å². The molecule has 0 aliphatic heterocycles. The SMILES string of the molecule is CCCCCCC1(CCCCCC)c2cc3c(cc2-c2cc4c(cc21)C(=O)/C(=N/OC(=O)Cc1ccccc1)C4)C/C(=N/OC(=O)Cc1ccccc1)C3=O. The van der Waals surface area contributed by atoms with Gasteiger partial charge in [0.1, 0.15) is 11.4 Å². The minimum absolute atomic E-state index is 0.0673. The number of fused-ring (bicyclic) bond motifs is 5. The topological polar surface area (TPSA) is 111 Å². The van der Waals surface area contributed by atoms with Crippen molar-refractivity contribution < 1.29 is 28.9 Å². The third-order valence-corrected chi connectivity index (χ3v) is 11.3. The van der Waals surface area contributed by atoms with E-state index in [0.29, 0.717) is 11.1 Å². The van der Waals surface area contributed by atoms with Crippen LogP contribution >= 0.6 is 0 Å². The van der Waals surface area contributed by atoms with Gasteiger partial charge in [0, 0.05) is 29.4 Å². The van der Waals surface area contributed by atoms with Gasteiger partial charge in [-0.1, -0.05) is 136 Å². The molecule has 8 nitrogen and oxygen atoms in total. The highest BCUT2D eigenvalue weighted by Gasteiger charge is 2.46. The number of ketones is 2. The molecule has 0 N–H and O–H groups in total. The fourth-order valence-corrected chi connectivity index (χ4v) is 8.54. The Kier molecular flexibility index (Phi) is 11.6. The molecule has 3 aliphatic carbocycles. The normalized spacial score (nSPS) is 16.3. The Morgan fingerprint density at radius 1 is 0.564 bits per heavy atom. The van der Waals surface area contributed by atoms with Crippen molar-refractivity contribution in [3.05, 3.63) is 129 Å². The molecule has 0 saturated carbocycles. The number of Topliss-reactive ketones (excluding diaryl/α,β-unsaturated/α-hetero) is 2. The van der Waals surface area contributed by atoms with Gasteiger partial charge in [-0.2, -0.15) is 0 Å². The maximum Gasteiger partial charge on any atom is 0.339 e. The Balaban J connectivity index is 1.22. The van der Waals surface area contributed by atoms with Crippen molar-refractivity contribution in [3.8, 4) is 11.1 Å². The number of nitrogens with zero attached hydrogens (tertiary/aromatic N) is 2. The fraction of sp³-hybridized carbons (Fsp3) is 0.362. The smallest absolute Gasteiger partial charge is 0.317 e. The van der Waals surface area contributed by atoms with Crippen molar-refractivity contribution in [2.45, 2.75) is 109 Å². The van der Waals surface area contributed by atoms with Gasteiger partial charge in [0.2, 0.25) is 11.6 Å². The summed E-state index contributed by atoms with van der Waals surface area (Å²) in [5.41, 5.74) is 9.00. The summed E-state index contributed by atoms with van der Waals surface area (Å²) in [6.45, 7) is 4.42. The second kappa shape index (κ2) is 16.9. The molecule has 0 spiro atoms. The molecule has 0 unspecified atom stereocenters. The summed E-state index contributed by atoms with van der Waals surface area (Å²) in [6, 6.07) is 27.0. The summed E-state index contributed by atoms with van der Waals surface area (Å²) in [4.78, 5) is 63.6. The second-order valence-corrected chi connectivity index (χ2v) is 15.2. The monoisotopic (exact) mass is 736 g/mol. The van der Waals surface area contributed by atoms with Crippen LogP contribution < -0.4 is 0 Å². The van der Waals surface area contributed by atoms with E-state index in [1.807, 2.05) is 60.7 Å². The molecule has 0 radical (unpaired) electrons. The molecule has 282 valence electrons. The highest BCUT2D eigenvalue weighted by atomic mass is 16.7. The molecular weight excluding hydrogens is 689 g/mol. The van der Waals surface area contributed by atoms with E-state index in [1.165, 1.54) is 0 Å². The zero-order valence-electron chi connectivity index (χ0n) is 31.8. The van der Waals surface area contributed by atoms with E-state index in [1.54, 1.807) is 0 Å². The molecule has 7 rings (SSSR count). The van der Waals surface area contributed by atoms with Crippen molar-refractivity contribution in [3.63, 3.8) is 0 Å². The Hall–Kier alpha value is -5.50. The van der Waals surface area contributed by atoms with E-state index in [0.717, 1.165) is 109 Å². The van der Waals surface area contributed by atoms with Gasteiger partial charge in [-0.25, -0.2) is 9.59 Å². The molecule has 8 heteroatoms. The molecule has 0 amide bonds. The molecule has 0 aromatic heterocycles. The molecule has 3 aliphatic rings. The maximum absolute atomic E-state index is 13.9. The van der Waals surface area contributed by atoms with E-state index >= 15 is 0 Å². The number of carbonyl (C=O) groups excluding carboxylic acids is 4. The lowest BCUT2D eigenvalue weighted by Gasteiger charge is -2.33. The minimum Gasteiger partial charge on any atom is -0.317 e. The predicted molar refractivity (Wildman–Crippen MR) is 214 cm³/mol. The molecular formula is C47H48N2O6. The van der Waals surface area contributed by atoms with Crippen LogP contribution in [0.15, 0.2) is 95.2 Å². The number of unbranched alkanes of at least 4 members (excludes halogenated alkanes) is 6. The second-order valence-electron chi connectivity index (χ2n) is 15.2. The van der Waals surface area contributed by atoms with Crippen molar-refractivity contribution in [2.75, 3.05) is 0 Å². The number of hydrogen-bond donors (Lipinski definition) is 0. The fourth-order valence-electron chi connectivity index (χ4n) is 8.54. The van der Waals surface area contributed by atoms with Gasteiger partial charge in [0.15, 0.2) is 0 Å². The average Bonchev–Trinajstić information content (AvgIpc) is 3.78. The van der Waals surface area contributed by atoms with Crippen LogP contribution in [-0.2, 0) is 50.4 Å². The largest absolute Gasteiger partial charge is 0.339 e. The maximum atomic E-state index is 13.9. The number of carbonyl (C=O) groups is 4. The van der Waals surface area contributed by atoms with Gasteiger partial charge in [0.25, 0.3) is 0 Å². The Morgan fingerprint density at radius 2 is 0.982 bits per heavy atom. The van der Waals surface area contributed by atoms with Crippen LogP contribution in [0.5, 0.6) is 0 Å². The van der Waals surface area contributed by atoms with Crippen LogP contribution in [-0.4, -0.2) is 34.9 Å². The molecule has 4 aromatic carbocycles. The lowest BCUT2D eigenvalue weighted by molar-refractivity contribution is -0.143. The van der Waals surface area contributed by atoms with Crippen LogP contribution in [0.4, 0.5) is 0 Å². The Morgan fingerprint density at radius 3 is 1.38 bits per heavy atom. The number of benzene rings is 4. The molecule has 0 fully saturated rings. The van der Waals surface area contributed by atoms with Crippen LogP contribution in [0.25, 0.3) is 11.1 Å². The van der Waals surface area contributed by atoms with Crippen molar-refractivity contribution in [2.24, 2.45) is 10.3 Å². The van der Waals surface area contributed by atoms with Crippen molar-refractivity contribution >= 4 is 34.9 Å². The zero-order chi connectivity index (χ0) is 38.4. The van der Waals surface area contributed by atoms with E-state index in [-0.39, 0.29) is 54.1 Å². The first kappa shape index (κ1) is 37.8. The Bertz CT molecular complexity index is 2010. The van der Waals surface area contributed by atoms with E-state index in [4.69, 9.17) is 9.68 Å². The summed E-state index contributed by atoms with van der Waals surface area (Å²) in [5.74, 6) is -1.47. The first-order chi connectivity index (χ1) is 26.8. The zero-order valence-corrected chi connectivity index (χ0v) is 31.8. The predicted octanol–water partition coefficient (Wildman–Crippen LogP) is 9.66. The highest BCUT2D eigenvalue weighted by molar-refractivity contribution is 6.50. The number of rotatable bonds is 16.